The molecule has 7 heteroatoms. The van der Waals surface area contributed by atoms with Crippen molar-refractivity contribution >= 4 is 23.8 Å². The van der Waals surface area contributed by atoms with Crippen LogP contribution in [0.4, 0.5) is 4.79 Å². The maximum Gasteiger partial charge on any atom is 0.328 e. The van der Waals surface area contributed by atoms with E-state index in [-0.39, 0.29) is 0 Å². The Bertz CT molecular complexity index is 238. The SMILES string of the molecule is CSCCCCCNC(=O)N[C@H](CO)C(=O)O. The molecule has 0 aliphatic heterocycles. The van der Waals surface area contributed by atoms with Gasteiger partial charge < -0.3 is 20.8 Å². The third-order valence-corrected chi connectivity index (χ3v) is 2.79. The standard InChI is InChI=1S/C10H20N2O4S/c1-17-6-4-2-3-5-11-10(16)12-8(7-13)9(14)15/h8,13H,2-7H2,1H3,(H,14,15)(H2,11,12,16)/t8-/m1/s1. The van der Waals surface area contributed by atoms with Crippen molar-refractivity contribution in [2.45, 2.75) is 25.3 Å². The molecule has 0 spiro atoms. The molecule has 0 radical (unpaired) electrons. The van der Waals surface area contributed by atoms with E-state index in [1.54, 1.807) is 11.8 Å². The normalized spacial score (nSPS) is 11.9. The molecule has 1 atom stereocenters. The molecule has 0 aromatic heterocycles. The summed E-state index contributed by atoms with van der Waals surface area (Å²) in [6.45, 7) is -0.103. The van der Waals surface area contributed by atoms with E-state index < -0.39 is 24.6 Å². The lowest BCUT2D eigenvalue weighted by Gasteiger charge is -2.12. The average Bonchev–Trinajstić information content (AvgIpc) is 2.30. The number of aliphatic carboxylic acids is 1. The molecule has 0 aromatic rings. The summed E-state index contributed by atoms with van der Waals surface area (Å²) < 4.78 is 0. The number of unbranched alkanes of at least 4 members (excludes halogenated alkanes) is 2. The number of carbonyl (C=O) groups is 2. The highest BCUT2D eigenvalue weighted by Crippen LogP contribution is 2.01. The van der Waals surface area contributed by atoms with E-state index in [1.165, 1.54) is 0 Å². The van der Waals surface area contributed by atoms with Crippen molar-refractivity contribution in [3.05, 3.63) is 0 Å². The van der Waals surface area contributed by atoms with Crippen LogP contribution in [-0.4, -0.2) is 53.4 Å². The van der Waals surface area contributed by atoms with E-state index >= 15 is 0 Å². The highest BCUT2D eigenvalue weighted by Gasteiger charge is 2.17. The van der Waals surface area contributed by atoms with Crippen LogP contribution in [0.2, 0.25) is 0 Å². The first-order valence-corrected chi connectivity index (χ1v) is 6.88. The van der Waals surface area contributed by atoms with E-state index in [0.29, 0.717) is 6.54 Å². The number of amides is 2. The van der Waals surface area contributed by atoms with Gasteiger partial charge in [0.15, 0.2) is 6.04 Å². The number of carboxylic acid groups (broad SMARTS) is 1. The first kappa shape index (κ1) is 16.1. The van der Waals surface area contributed by atoms with Crippen LogP contribution in [0, 0.1) is 0 Å². The number of thioether (sulfide) groups is 1. The number of nitrogens with one attached hydrogen (secondary N) is 2. The van der Waals surface area contributed by atoms with Crippen molar-refractivity contribution < 1.29 is 19.8 Å². The number of rotatable bonds is 9. The molecule has 0 aromatic carbocycles. The number of aliphatic hydroxyl groups is 1. The molecule has 0 bridgehead atoms. The van der Waals surface area contributed by atoms with Gasteiger partial charge in [0.2, 0.25) is 0 Å². The molecule has 0 unspecified atom stereocenters. The van der Waals surface area contributed by atoms with E-state index in [9.17, 15) is 9.59 Å². The largest absolute Gasteiger partial charge is 0.480 e. The number of urea groups is 1. The van der Waals surface area contributed by atoms with Crippen LogP contribution >= 0.6 is 11.8 Å². The molecule has 0 aliphatic rings. The Hall–Kier alpha value is -0.950. The minimum Gasteiger partial charge on any atom is -0.480 e. The van der Waals surface area contributed by atoms with Crippen molar-refractivity contribution in [3.8, 4) is 0 Å². The van der Waals surface area contributed by atoms with Crippen molar-refractivity contribution in [1.82, 2.24) is 10.6 Å². The molecule has 0 heterocycles. The van der Waals surface area contributed by atoms with Crippen LogP contribution in [0.5, 0.6) is 0 Å². The van der Waals surface area contributed by atoms with Crippen LogP contribution in [0.3, 0.4) is 0 Å². The molecular formula is C10H20N2O4S. The summed E-state index contributed by atoms with van der Waals surface area (Å²) in [7, 11) is 0. The number of hydrogen-bond donors (Lipinski definition) is 4. The molecule has 0 rings (SSSR count). The van der Waals surface area contributed by atoms with Gasteiger partial charge in [0, 0.05) is 6.54 Å². The lowest BCUT2D eigenvalue weighted by Crippen LogP contribution is -2.48. The van der Waals surface area contributed by atoms with Crippen LogP contribution < -0.4 is 10.6 Å². The minimum atomic E-state index is -1.25. The van der Waals surface area contributed by atoms with Gasteiger partial charge in [-0.15, -0.1) is 0 Å². The molecule has 4 N–H and O–H groups in total. The number of hydrogen-bond acceptors (Lipinski definition) is 4. The van der Waals surface area contributed by atoms with E-state index in [1.807, 2.05) is 6.26 Å². The zero-order valence-corrected chi connectivity index (χ0v) is 10.8. The monoisotopic (exact) mass is 264 g/mol. The summed E-state index contributed by atoms with van der Waals surface area (Å²) in [6, 6.07) is -1.80. The summed E-state index contributed by atoms with van der Waals surface area (Å²) >= 11 is 1.79. The molecule has 17 heavy (non-hydrogen) atoms. The first-order valence-electron chi connectivity index (χ1n) is 5.48. The summed E-state index contributed by atoms with van der Waals surface area (Å²) in [5.74, 6) is -0.139. The fourth-order valence-corrected chi connectivity index (χ4v) is 1.64. The van der Waals surface area contributed by atoms with Crippen molar-refractivity contribution in [2.24, 2.45) is 0 Å². The molecular weight excluding hydrogens is 244 g/mol. The third-order valence-electron chi connectivity index (χ3n) is 2.10. The van der Waals surface area contributed by atoms with Gasteiger partial charge in [0.05, 0.1) is 6.61 Å². The number of aliphatic hydroxyl groups excluding tert-OH is 1. The van der Waals surface area contributed by atoms with Crippen LogP contribution in [0.15, 0.2) is 0 Å². The highest BCUT2D eigenvalue weighted by atomic mass is 32.2. The summed E-state index contributed by atoms with van der Waals surface area (Å²) in [6.07, 6.45) is 5.06. The van der Waals surface area contributed by atoms with Gasteiger partial charge in [-0.05, 0) is 24.9 Å². The Morgan fingerprint density at radius 3 is 2.53 bits per heavy atom. The third kappa shape index (κ3) is 8.82. The Balaban J connectivity index is 3.55. The van der Waals surface area contributed by atoms with Gasteiger partial charge in [-0.3, -0.25) is 0 Å². The van der Waals surface area contributed by atoms with Crippen molar-refractivity contribution in [1.29, 1.82) is 0 Å². The lowest BCUT2D eigenvalue weighted by molar-refractivity contribution is -0.140. The average molecular weight is 264 g/mol. The van der Waals surface area contributed by atoms with Crippen LogP contribution in [0.1, 0.15) is 19.3 Å². The second-order valence-electron chi connectivity index (χ2n) is 3.53. The molecule has 6 nitrogen and oxygen atoms in total. The van der Waals surface area contributed by atoms with E-state index in [2.05, 4.69) is 10.6 Å². The fraction of sp³-hybridized carbons (Fsp3) is 0.800. The van der Waals surface area contributed by atoms with Crippen LogP contribution in [0.25, 0.3) is 0 Å². The van der Waals surface area contributed by atoms with Crippen LogP contribution in [-0.2, 0) is 4.79 Å². The Kier molecular flexibility index (Phi) is 9.65. The predicted molar refractivity (Wildman–Crippen MR) is 67.3 cm³/mol. The maximum absolute atomic E-state index is 11.2. The Morgan fingerprint density at radius 1 is 1.29 bits per heavy atom. The molecule has 100 valence electrons. The van der Waals surface area contributed by atoms with Gasteiger partial charge in [-0.25, -0.2) is 9.59 Å². The Labute approximate surface area is 105 Å². The maximum atomic E-state index is 11.2. The smallest absolute Gasteiger partial charge is 0.328 e. The second-order valence-corrected chi connectivity index (χ2v) is 4.51. The molecule has 0 aliphatic carbocycles. The van der Waals surface area contributed by atoms with Gasteiger partial charge in [-0.2, -0.15) is 11.8 Å². The highest BCUT2D eigenvalue weighted by molar-refractivity contribution is 7.98. The number of carboxylic acids is 1. The molecule has 0 saturated heterocycles. The summed E-state index contributed by atoms with van der Waals surface area (Å²) in [5, 5.41) is 22.0. The zero-order valence-electron chi connectivity index (χ0n) is 9.94. The Morgan fingerprint density at radius 2 is 2.00 bits per heavy atom. The minimum absolute atomic E-state index is 0.512. The molecule has 0 saturated carbocycles. The molecule has 0 fully saturated rings. The fourth-order valence-electron chi connectivity index (χ4n) is 1.14. The lowest BCUT2D eigenvalue weighted by atomic mass is 10.2. The van der Waals surface area contributed by atoms with E-state index in [0.717, 1.165) is 25.0 Å². The van der Waals surface area contributed by atoms with Gasteiger partial charge in [-0.1, -0.05) is 6.42 Å². The molecule has 2 amide bonds. The topological polar surface area (TPSA) is 98.7 Å². The first-order chi connectivity index (χ1) is 8.11. The summed E-state index contributed by atoms with van der Waals surface area (Å²) in [5.41, 5.74) is 0. The van der Waals surface area contributed by atoms with Gasteiger partial charge >= 0.3 is 12.0 Å². The second kappa shape index (κ2) is 10.2. The van der Waals surface area contributed by atoms with Gasteiger partial charge in [0.25, 0.3) is 0 Å². The number of carbonyl (C=O) groups excluding carboxylic acids is 1. The van der Waals surface area contributed by atoms with E-state index in [4.69, 9.17) is 10.2 Å². The van der Waals surface area contributed by atoms with Crippen molar-refractivity contribution in [3.63, 3.8) is 0 Å². The van der Waals surface area contributed by atoms with Crippen molar-refractivity contribution in [2.75, 3.05) is 25.2 Å². The quantitative estimate of drug-likeness (QED) is 0.448. The zero-order chi connectivity index (χ0) is 13.1. The van der Waals surface area contributed by atoms with Gasteiger partial charge in [0.1, 0.15) is 0 Å². The predicted octanol–water partition coefficient (Wildman–Crippen LogP) is 0.264. The summed E-state index contributed by atoms with van der Waals surface area (Å²) in [4.78, 5) is 21.7.